The Kier molecular flexibility index (Phi) is 10.1. The molecule has 5 aromatic rings. The van der Waals surface area contributed by atoms with Gasteiger partial charge in [0, 0.05) is 32.4 Å². The van der Waals surface area contributed by atoms with Crippen molar-refractivity contribution in [2.45, 2.75) is 30.4 Å². The number of carbonyl (C=O) groups is 2. The van der Waals surface area contributed by atoms with E-state index in [2.05, 4.69) is 4.90 Å². The number of benzene rings is 5. The van der Waals surface area contributed by atoms with Crippen LogP contribution in [0, 0.1) is 0 Å². The van der Waals surface area contributed by atoms with Crippen LogP contribution in [0.15, 0.2) is 146 Å². The first kappa shape index (κ1) is 31.8. The Labute approximate surface area is 277 Å². The molecule has 6 rings (SSSR count). The van der Waals surface area contributed by atoms with Gasteiger partial charge in [-0.2, -0.15) is 0 Å². The van der Waals surface area contributed by atoms with E-state index in [0.29, 0.717) is 18.8 Å². The lowest BCUT2D eigenvalue weighted by molar-refractivity contribution is -0.149. The number of nitrogens with zero attached hydrogens (tertiary/aromatic N) is 2. The number of ether oxygens (including phenoxy) is 1. The third-order valence-corrected chi connectivity index (χ3v) is 9.07. The number of likely N-dealkylation sites (tertiary alicyclic amines) is 1. The van der Waals surface area contributed by atoms with E-state index in [1.54, 1.807) is 0 Å². The first-order valence-corrected chi connectivity index (χ1v) is 16.2. The zero-order valence-electron chi connectivity index (χ0n) is 26.7. The lowest BCUT2D eigenvalue weighted by Crippen LogP contribution is -2.41. The summed E-state index contributed by atoms with van der Waals surface area (Å²) < 4.78 is 6.20. The fourth-order valence-electron chi connectivity index (χ4n) is 6.64. The summed E-state index contributed by atoms with van der Waals surface area (Å²) in [6.45, 7) is 1.92. The van der Waals surface area contributed by atoms with E-state index in [1.807, 2.05) is 158 Å². The summed E-state index contributed by atoms with van der Waals surface area (Å²) in [7, 11) is 1.88. The summed E-state index contributed by atoms with van der Waals surface area (Å²) in [5, 5.41) is 0. The van der Waals surface area contributed by atoms with E-state index in [4.69, 9.17) is 10.5 Å². The van der Waals surface area contributed by atoms with Crippen LogP contribution >= 0.6 is 0 Å². The van der Waals surface area contributed by atoms with E-state index in [0.717, 1.165) is 40.8 Å². The molecular weight excluding hydrogens is 582 g/mol. The van der Waals surface area contributed by atoms with Gasteiger partial charge in [0.2, 0.25) is 5.91 Å². The van der Waals surface area contributed by atoms with E-state index >= 15 is 0 Å². The minimum atomic E-state index is -0.497. The van der Waals surface area contributed by atoms with Crippen molar-refractivity contribution < 1.29 is 14.3 Å². The number of esters is 1. The minimum absolute atomic E-state index is 0.00515. The highest BCUT2D eigenvalue weighted by atomic mass is 16.5. The van der Waals surface area contributed by atoms with Gasteiger partial charge in [-0.15, -0.1) is 0 Å². The summed E-state index contributed by atoms with van der Waals surface area (Å²) in [5.74, 6) is -1.19. The van der Waals surface area contributed by atoms with Gasteiger partial charge in [-0.25, -0.2) is 0 Å². The Bertz CT molecular complexity index is 1670. The predicted octanol–water partition coefficient (Wildman–Crippen LogP) is 7.05. The predicted molar refractivity (Wildman–Crippen MR) is 187 cm³/mol. The van der Waals surface area contributed by atoms with Crippen LogP contribution in [0.4, 0.5) is 5.69 Å². The van der Waals surface area contributed by atoms with Gasteiger partial charge < -0.3 is 15.4 Å². The lowest BCUT2D eigenvalue weighted by atomic mass is 9.89. The molecule has 1 aliphatic rings. The summed E-state index contributed by atoms with van der Waals surface area (Å²) in [6.07, 6.45) is 0.473. The lowest BCUT2D eigenvalue weighted by Gasteiger charge is -2.34. The SMILES string of the molecule is CN(C(=O)C(c1ccccc1)c1ccccc1)[C@H](CN1CCC(OC(=O)C(c2ccccc2)c2ccccc2)C1)c1cccc(N)c1. The van der Waals surface area contributed by atoms with Crippen LogP contribution in [0.5, 0.6) is 0 Å². The first-order chi connectivity index (χ1) is 23.0. The maximum Gasteiger partial charge on any atom is 0.318 e. The number of carbonyl (C=O) groups excluding carboxylic acids is 2. The van der Waals surface area contributed by atoms with Crippen molar-refractivity contribution in [3.8, 4) is 0 Å². The zero-order valence-corrected chi connectivity index (χ0v) is 26.7. The van der Waals surface area contributed by atoms with Gasteiger partial charge in [0.1, 0.15) is 12.0 Å². The number of hydrogen-bond donors (Lipinski definition) is 1. The molecule has 5 aromatic carbocycles. The standard InChI is InChI=1S/C41H41N3O3/c1-43(40(45)38(30-15-6-2-7-16-30)31-17-8-3-9-18-31)37(34-23-14-24-35(42)27-34)29-44-26-25-36(28-44)47-41(46)39(32-19-10-4-11-20-32)33-21-12-5-13-22-33/h2-24,27,36-39H,25-26,28-29,42H2,1H3/t36?,37-/m1/s1. The van der Waals surface area contributed by atoms with Crippen LogP contribution in [-0.2, 0) is 14.3 Å². The van der Waals surface area contributed by atoms with Gasteiger partial charge in [-0.1, -0.05) is 133 Å². The van der Waals surface area contributed by atoms with Crippen molar-refractivity contribution in [2.75, 3.05) is 32.4 Å². The number of nitrogens with two attached hydrogens (primary N) is 1. The van der Waals surface area contributed by atoms with Crippen molar-refractivity contribution >= 4 is 17.6 Å². The van der Waals surface area contributed by atoms with Gasteiger partial charge >= 0.3 is 5.97 Å². The van der Waals surface area contributed by atoms with Crippen LogP contribution in [-0.4, -0.2) is 54.5 Å². The second-order valence-corrected chi connectivity index (χ2v) is 12.3. The second-order valence-electron chi connectivity index (χ2n) is 12.3. The highest BCUT2D eigenvalue weighted by Gasteiger charge is 2.35. The molecular formula is C41H41N3O3. The highest BCUT2D eigenvalue weighted by molar-refractivity contribution is 5.87. The van der Waals surface area contributed by atoms with Gasteiger partial charge in [0.05, 0.1) is 12.0 Å². The molecule has 47 heavy (non-hydrogen) atoms. The molecule has 1 heterocycles. The van der Waals surface area contributed by atoms with Crippen molar-refractivity contribution in [1.82, 2.24) is 9.80 Å². The molecule has 0 aromatic heterocycles. The van der Waals surface area contributed by atoms with Crippen molar-refractivity contribution in [1.29, 1.82) is 0 Å². The zero-order chi connectivity index (χ0) is 32.6. The quantitative estimate of drug-likeness (QED) is 0.126. The molecule has 6 heteroatoms. The monoisotopic (exact) mass is 623 g/mol. The largest absolute Gasteiger partial charge is 0.460 e. The molecule has 1 unspecified atom stereocenters. The Hall–Kier alpha value is -5.20. The Morgan fingerprint density at radius 1 is 0.702 bits per heavy atom. The van der Waals surface area contributed by atoms with E-state index in [1.165, 1.54) is 0 Å². The topological polar surface area (TPSA) is 75.9 Å². The molecule has 1 aliphatic heterocycles. The normalized spacial score (nSPS) is 15.4. The number of rotatable bonds is 11. The summed E-state index contributed by atoms with van der Waals surface area (Å²) in [6, 6.07) is 47.0. The fourth-order valence-corrected chi connectivity index (χ4v) is 6.64. The van der Waals surface area contributed by atoms with Gasteiger partial charge in [0.15, 0.2) is 0 Å². The van der Waals surface area contributed by atoms with E-state index in [9.17, 15) is 9.59 Å². The molecule has 0 radical (unpaired) electrons. The number of amides is 1. The average Bonchev–Trinajstić information content (AvgIpc) is 3.55. The Balaban J connectivity index is 1.21. The molecule has 6 nitrogen and oxygen atoms in total. The first-order valence-electron chi connectivity index (χ1n) is 16.2. The second kappa shape index (κ2) is 14.9. The third-order valence-electron chi connectivity index (χ3n) is 9.07. The van der Waals surface area contributed by atoms with Crippen LogP contribution in [0.1, 0.15) is 52.1 Å². The maximum absolute atomic E-state index is 14.5. The molecule has 1 saturated heterocycles. The number of nitrogen functional groups attached to an aromatic ring is 1. The Morgan fingerprint density at radius 3 is 1.66 bits per heavy atom. The Morgan fingerprint density at radius 2 is 1.17 bits per heavy atom. The molecule has 0 spiro atoms. The highest BCUT2D eigenvalue weighted by Crippen LogP contribution is 2.33. The summed E-state index contributed by atoms with van der Waals surface area (Å²) in [5.41, 5.74) is 11.6. The van der Waals surface area contributed by atoms with Crippen LogP contribution < -0.4 is 5.73 Å². The van der Waals surface area contributed by atoms with Crippen molar-refractivity contribution in [2.24, 2.45) is 0 Å². The molecule has 1 fully saturated rings. The molecule has 2 atom stereocenters. The minimum Gasteiger partial charge on any atom is -0.460 e. The molecule has 0 saturated carbocycles. The number of anilines is 1. The van der Waals surface area contributed by atoms with Crippen molar-refractivity contribution in [3.63, 3.8) is 0 Å². The van der Waals surface area contributed by atoms with Crippen LogP contribution in [0.25, 0.3) is 0 Å². The molecule has 2 N–H and O–H groups in total. The summed E-state index contributed by atoms with van der Waals surface area (Å²) >= 11 is 0. The van der Waals surface area contributed by atoms with Gasteiger partial charge in [0.25, 0.3) is 0 Å². The molecule has 0 bridgehead atoms. The van der Waals surface area contributed by atoms with E-state index in [-0.39, 0.29) is 24.0 Å². The number of likely N-dealkylation sites (N-methyl/N-ethyl adjacent to an activating group) is 1. The van der Waals surface area contributed by atoms with Crippen molar-refractivity contribution in [3.05, 3.63) is 173 Å². The third kappa shape index (κ3) is 7.62. The smallest absolute Gasteiger partial charge is 0.318 e. The molecule has 238 valence electrons. The fraction of sp³-hybridized carbons (Fsp3) is 0.220. The van der Waals surface area contributed by atoms with Gasteiger partial charge in [-0.3, -0.25) is 14.5 Å². The van der Waals surface area contributed by atoms with Crippen LogP contribution in [0.2, 0.25) is 0 Å². The maximum atomic E-state index is 14.5. The molecule has 0 aliphatic carbocycles. The molecule has 1 amide bonds. The average molecular weight is 624 g/mol. The summed E-state index contributed by atoms with van der Waals surface area (Å²) in [4.78, 5) is 32.3. The van der Waals surface area contributed by atoms with Gasteiger partial charge in [-0.05, 0) is 46.4 Å². The number of hydrogen-bond acceptors (Lipinski definition) is 5. The van der Waals surface area contributed by atoms with E-state index < -0.39 is 11.8 Å². The van der Waals surface area contributed by atoms with Crippen LogP contribution in [0.3, 0.4) is 0 Å².